The molecule has 0 saturated heterocycles. The van der Waals surface area contributed by atoms with Gasteiger partial charge in [-0.25, -0.2) is 9.97 Å². The van der Waals surface area contributed by atoms with Crippen molar-refractivity contribution in [1.82, 2.24) is 19.7 Å². The lowest BCUT2D eigenvalue weighted by Crippen LogP contribution is -2.14. The maximum atomic E-state index is 11.2. The third-order valence-electron chi connectivity index (χ3n) is 2.79. The molecule has 0 saturated carbocycles. The van der Waals surface area contributed by atoms with Crippen molar-refractivity contribution in [3.63, 3.8) is 0 Å². The molecule has 20 heavy (non-hydrogen) atoms. The van der Waals surface area contributed by atoms with Gasteiger partial charge in [-0.05, 0) is 6.92 Å². The third kappa shape index (κ3) is 2.31. The molecule has 106 valence electrons. The van der Waals surface area contributed by atoms with Gasteiger partial charge in [-0.1, -0.05) is 20.8 Å². The minimum absolute atomic E-state index is 0.0296. The van der Waals surface area contributed by atoms with Crippen LogP contribution in [-0.4, -0.2) is 24.7 Å². The molecule has 2 rings (SSSR count). The van der Waals surface area contributed by atoms with Crippen molar-refractivity contribution in [2.24, 2.45) is 0 Å². The lowest BCUT2D eigenvalue weighted by atomic mass is 9.91. The average molecular weight is 276 g/mol. The SMILES string of the molecule is Cc1cc(-n2nc(C(C)(C)C)c([N+](=O)[O-])c2N)ncn1. The summed E-state index contributed by atoms with van der Waals surface area (Å²) < 4.78 is 1.29. The summed E-state index contributed by atoms with van der Waals surface area (Å²) in [6, 6.07) is 1.67. The zero-order chi connectivity index (χ0) is 15.1. The molecule has 2 aromatic heterocycles. The fourth-order valence-corrected chi connectivity index (χ4v) is 1.84. The van der Waals surface area contributed by atoms with E-state index in [4.69, 9.17) is 5.73 Å². The first-order valence-corrected chi connectivity index (χ1v) is 6.04. The van der Waals surface area contributed by atoms with Gasteiger partial charge in [0.25, 0.3) is 0 Å². The van der Waals surface area contributed by atoms with E-state index in [0.29, 0.717) is 11.5 Å². The molecule has 0 atom stereocenters. The van der Waals surface area contributed by atoms with Crippen molar-refractivity contribution < 1.29 is 4.92 Å². The summed E-state index contributed by atoms with van der Waals surface area (Å²) in [6.45, 7) is 7.33. The molecule has 0 aromatic carbocycles. The van der Waals surface area contributed by atoms with Gasteiger partial charge in [0, 0.05) is 17.2 Å². The number of aromatic nitrogens is 4. The zero-order valence-electron chi connectivity index (χ0n) is 11.8. The number of nitrogen functional groups attached to an aromatic ring is 1. The van der Waals surface area contributed by atoms with E-state index in [1.54, 1.807) is 13.0 Å². The quantitative estimate of drug-likeness (QED) is 0.660. The predicted molar refractivity (Wildman–Crippen MR) is 73.7 cm³/mol. The molecule has 8 nitrogen and oxygen atoms in total. The van der Waals surface area contributed by atoms with Crippen molar-refractivity contribution in [2.45, 2.75) is 33.1 Å². The monoisotopic (exact) mass is 276 g/mol. The molecule has 8 heteroatoms. The maximum absolute atomic E-state index is 11.2. The molecule has 0 radical (unpaired) electrons. The standard InChI is InChI=1S/C12H16N6O2/c1-7-5-8(15-6-14-7)17-11(13)9(18(19)20)10(16-17)12(2,3)4/h5-6H,13H2,1-4H3. The summed E-state index contributed by atoms with van der Waals surface area (Å²) in [6.07, 6.45) is 1.37. The Morgan fingerprint density at radius 3 is 2.45 bits per heavy atom. The highest BCUT2D eigenvalue weighted by Gasteiger charge is 2.34. The molecule has 0 unspecified atom stereocenters. The van der Waals surface area contributed by atoms with Crippen LogP contribution in [0, 0.1) is 17.0 Å². The van der Waals surface area contributed by atoms with Crippen molar-refractivity contribution in [1.29, 1.82) is 0 Å². The number of nitro groups is 1. The molecule has 0 spiro atoms. The zero-order valence-corrected chi connectivity index (χ0v) is 11.8. The summed E-state index contributed by atoms with van der Waals surface area (Å²) in [5.74, 6) is 0.381. The Morgan fingerprint density at radius 1 is 1.35 bits per heavy atom. The minimum atomic E-state index is -0.506. The van der Waals surface area contributed by atoms with Gasteiger partial charge in [-0.2, -0.15) is 9.78 Å². The number of hydrogen-bond acceptors (Lipinski definition) is 6. The fourth-order valence-electron chi connectivity index (χ4n) is 1.84. The number of rotatable bonds is 2. The molecule has 0 amide bonds. The molecule has 0 aliphatic heterocycles. The molecular formula is C12H16N6O2. The van der Waals surface area contributed by atoms with Crippen LogP contribution in [0.1, 0.15) is 32.2 Å². The van der Waals surface area contributed by atoms with E-state index in [9.17, 15) is 10.1 Å². The van der Waals surface area contributed by atoms with E-state index in [0.717, 1.165) is 5.69 Å². The Bertz CT molecular complexity index is 671. The van der Waals surface area contributed by atoms with E-state index < -0.39 is 10.3 Å². The second kappa shape index (κ2) is 4.55. The highest BCUT2D eigenvalue weighted by atomic mass is 16.6. The maximum Gasteiger partial charge on any atom is 0.334 e. The Kier molecular flexibility index (Phi) is 3.16. The molecule has 2 N–H and O–H groups in total. The van der Waals surface area contributed by atoms with Crippen LogP contribution in [0.2, 0.25) is 0 Å². The Balaban J connectivity index is 2.71. The van der Waals surface area contributed by atoms with E-state index in [-0.39, 0.29) is 11.5 Å². The first kappa shape index (κ1) is 13.9. The van der Waals surface area contributed by atoms with Crippen molar-refractivity contribution in [3.05, 3.63) is 33.9 Å². The van der Waals surface area contributed by atoms with Crippen LogP contribution in [0.5, 0.6) is 0 Å². The second-order valence-corrected chi connectivity index (χ2v) is 5.52. The second-order valence-electron chi connectivity index (χ2n) is 5.52. The van der Waals surface area contributed by atoms with E-state index in [1.165, 1.54) is 11.0 Å². The number of nitrogens with two attached hydrogens (primary N) is 1. The predicted octanol–water partition coefficient (Wildman–Crippen LogP) is 1.76. The minimum Gasteiger partial charge on any atom is -0.378 e. The third-order valence-corrected chi connectivity index (χ3v) is 2.79. The number of nitrogens with zero attached hydrogens (tertiary/aromatic N) is 5. The van der Waals surface area contributed by atoms with Crippen LogP contribution < -0.4 is 5.73 Å². The number of hydrogen-bond donors (Lipinski definition) is 1. The van der Waals surface area contributed by atoms with Gasteiger partial charge in [0.2, 0.25) is 5.82 Å². The smallest absolute Gasteiger partial charge is 0.334 e. The number of aryl methyl sites for hydroxylation is 1. The Morgan fingerprint density at radius 2 is 2.00 bits per heavy atom. The van der Waals surface area contributed by atoms with Crippen LogP contribution in [-0.2, 0) is 5.41 Å². The van der Waals surface area contributed by atoms with Gasteiger partial charge < -0.3 is 5.73 Å². The van der Waals surface area contributed by atoms with E-state index in [1.807, 2.05) is 20.8 Å². The van der Waals surface area contributed by atoms with Crippen molar-refractivity contribution in [3.8, 4) is 5.82 Å². The molecule has 0 aliphatic carbocycles. The molecule has 2 aromatic rings. The van der Waals surface area contributed by atoms with Crippen LogP contribution in [0.3, 0.4) is 0 Å². The van der Waals surface area contributed by atoms with Crippen LogP contribution in [0.25, 0.3) is 5.82 Å². The van der Waals surface area contributed by atoms with E-state index in [2.05, 4.69) is 15.1 Å². The van der Waals surface area contributed by atoms with Gasteiger partial charge >= 0.3 is 5.69 Å². The molecule has 0 fully saturated rings. The van der Waals surface area contributed by atoms with Gasteiger partial charge in [0.05, 0.1) is 4.92 Å². The van der Waals surface area contributed by atoms with Crippen LogP contribution in [0.15, 0.2) is 12.4 Å². The summed E-state index contributed by atoms with van der Waals surface area (Å²) in [5, 5.41) is 15.5. The largest absolute Gasteiger partial charge is 0.378 e. The molecule has 0 bridgehead atoms. The van der Waals surface area contributed by atoms with Crippen molar-refractivity contribution in [2.75, 3.05) is 5.73 Å². The van der Waals surface area contributed by atoms with Gasteiger partial charge in [-0.3, -0.25) is 10.1 Å². The Labute approximate surface area is 115 Å². The lowest BCUT2D eigenvalue weighted by Gasteiger charge is -2.13. The van der Waals surface area contributed by atoms with Gasteiger partial charge in [0.15, 0.2) is 5.82 Å². The normalized spacial score (nSPS) is 11.6. The van der Waals surface area contributed by atoms with E-state index >= 15 is 0 Å². The van der Waals surface area contributed by atoms with Gasteiger partial charge in [0.1, 0.15) is 12.0 Å². The first-order chi connectivity index (χ1) is 9.21. The van der Waals surface area contributed by atoms with Crippen LogP contribution >= 0.6 is 0 Å². The molecule has 2 heterocycles. The molecular weight excluding hydrogens is 260 g/mol. The Hall–Kier alpha value is -2.51. The molecule has 0 aliphatic rings. The highest BCUT2D eigenvalue weighted by molar-refractivity contribution is 5.61. The fraction of sp³-hybridized carbons (Fsp3) is 0.417. The summed E-state index contributed by atoms with van der Waals surface area (Å²) >= 11 is 0. The van der Waals surface area contributed by atoms with Crippen LogP contribution in [0.4, 0.5) is 11.5 Å². The lowest BCUT2D eigenvalue weighted by molar-refractivity contribution is -0.385. The highest BCUT2D eigenvalue weighted by Crippen LogP contribution is 2.35. The summed E-state index contributed by atoms with van der Waals surface area (Å²) in [5.41, 5.74) is 6.27. The topological polar surface area (TPSA) is 113 Å². The summed E-state index contributed by atoms with van der Waals surface area (Å²) in [7, 11) is 0. The average Bonchev–Trinajstić information content (AvgIpc) is 2.66. The number of anilines is 1. The summed E-state index contributed by atoms with van der Waals surface area (Å²) in [4.78, 5) is 18.8. The first-order valence-electron chi connectivity index (χ1n) is 6.04. The van der Waals surface area contributed by atoms with Crippen molar-refractivity contribution >= 4 is 11.5 Å². The van der Waals surface area contributed by atoms with Gasteiger partial charge in [-0.15, -0.1) is 0 Å².